The highest BCUT2D eigenvalue weighted by molar-refractivity contribution is 7.12. The molecule has 0 aromatic carbocycles. The van der Waals surface area contributed by atoms with Crippen LogP contribution >= 0.6 is 11.3 Å². The number of hydrogen-bond acceptors (Lipinski definition) is 3. The van der Waals surface area contributed by atoms with Gasteiger partial charge in [0.05, 0.1) is 13.2 Å². The van der Waals surface area contributed by atoms with E-state index in [4.69, 9.17) is 4.74 Å². The minimum absolute atomic E-state index is 0.700. The topological polar surface area (TPSA) is 21.3 Å². The van der Waals surface area contributed by atoms with E-state index in [-0.39, 0.29) is 0 Å². The Labute approximate surface area is 121 Å². The van der Waals surface area contributed by atoms with Crippen molar-refractivity contribution in [3.63, 3.8) is 0 Å². The van der Waals surface area contributed by atoms with E-state index in [1.165, 1.54) is 20.9 Å². The van der Waals surface area contributed by atoms with Crippen molar-refractivity contribution in [2.75, 3.05) is 13.2 Å². The second-order valence-corrected chi connectivity index (χ2v) is 6.92. The Morgan fingerprint density at radius 1 is 1.47 bits per heavy atom. The van der Waals surface area contributed by atoms with Crippen LogP contribution in [0.1, 0.15) is 42.5 Å². The highest BCUT2D eigenvalue weighted by Gasteiger charge is 2.06. The maximum Gasteiger partial charge on any atom is 0.0727 e. The largest absolute Gasteiger partial charge is 0.376 e. The minimum Gasteiger partial charge on any atom is -0.376 e. The van der Waals surface area contributed by atoms with Crippen molar-refractivity contribution in [1.82, 2.24) is 5.32 Å². The Bertz CT molecular complexity index is 395. The molecule has 0 aliphatic carbocycles. The minimum atomic E-state index is 0.700. The van der Waals surface area contributed by atoms with Gasteiger partial charge >= 0.3 is 0 Å². The van der Waals surface area contributed by atoms with Crippen molar-refractivity contribution in [2.24, 2.45) is 5.92 Å². The lowest BCUT2D eigenvalue weighted by Gasteiger charge is -2.05. The van der Waals surface area contributed by atoms with Crippen LogP contribution in [0.4, 0.5) is 0 Å². The molecule has 0 amide bonds. The molecule has 0 aliphatic rings. The van der Waals surface area contributed by atoms with Crippen molar-refractivity contribution in [3.8, 4) is 0 Å². The first-order chi connectivity index (χ1) is 8.99. The molecule has 0 spiro atoms. The predicted octanol–water partition coefficient (Wildman–Crippen LogP) is 4.28. The summed E-state index contributed by atoms with van der Waals surface area (Å²) >= 11 is 1.87. The van der Waals surface area contributed by atoms with E-state index in [0.29, 0.717) is 5.92 Å². The molecule has 2 nitrogen and oxygen atoms in total. The molecule has 0 atom stereocenters. The first kappa shape index (κ1) is 16.4. The average molecular weight is 281 g/mol. The standard InChI is InChI=1S/C16H27NOS/c1-12(2)6-7-18-11-15-8-16(19-14(15)5)10-17-9-13(3)4/h8,13,17H,1,6-7,9-11H2,2-5H3. The van der Waals surface area contributed by atoms with E-state index in [1.807, 2.05) is 18.3 Å². The van der Waals surface area contributed by atoms with Gasteiger partial charge in [-0.15, -0.1) is 17.9 Å². The summed E-state index contributed by atoms with van der Waals surface area (Å²) in [6.07, 6.45) is 0.950. The van der Waals surface area contributed by atoms with E-state index in [0.717, 1.165) is 32.7 Å². The van der Waals surface area contributed by atoms with E-state index < -0.39 is 0 Å². The van der Waals surface area contributed by atoms with E-state index >= 15 is 0 Å². The molecule has 1 heterocycles. The van der Waals surface area contributed by atoms with Crippen molar-refractivity contribution >= 4 is 11.3 Å². The highest BCUT2D eigenvalue weighted by Crippen LogP contribution is 2.22. The van der Waals surface area contributed by atoms with Crippen LogP contribution in [0.15, 0.2) is 18.2 Å². The SMILES string of the molecule is C=C(C)CCOCc1cc(CNCC(C)C)sc1C. The maximum atomic E-state index is 5.69. The Morgan fingerprint density at radius 3 is 2.84 bits per heavy atom. The van der Waals surface area contributed by atoms with Crippen LogP contribution in [0.25, 0.3) is 0 Å². The number of thiophene rings is 1. The molecule has 1 aromatic heterocycles. The Balaban J connectivity index is 2.34. The number of aryl methyl sites for hydroxylation is 1. The van der Waals surface area contributed by atoms with Gasteiger partial charge in [-0.25, -0.2) is 0 Å². The summed E-state index contributed by atoms with van der Waals surface area (Å²) in [6, 6.07) is 2.27. The second-order valence-electron chi connectivity index (χ2n) is 5.58. The van der Waals surface area contributed by atoms with Crippen molar-refractivity contribution in [2.45, 2.75) is 47.3 Å². The monoisotopic (exact) mass is 281 g/mol. The normalized spacial score (nSPS) is 11.2. The van der Waals surface area contributed by atoms with Gasteiger partial charge in [0.15, 0.2) is 0 Å². The lowest BCUT2D eigenvalue weighted by Crippen LogP contribution is -2.18. The van der Waals surface area contributed by atoms with Gasteiger partial charge in [-0.05, 0) is 44.4 Å². The molecule has 108 valence electrons. The van der Waals surface area contributed by atoms with Crippen molar-refractivity contribution in [3.05, 3.63) is 33.5 Å². The molecule has 0 fully saturated rings. The number of ether oxygens (including phenoxy) is 1. The summed E-state index contributed by atoms with van der Waals surface area (Å²) in [5.74, 6) is 0.700. The Morgan fingerprint density at radius 2 is 2.21 bits per heavy atom. The smallest absolute Gasteiger partial charge is 0.0727 e. The van der Waals surface area contributed by atoms with Gasteiger partial charge in [-0.1, -0.05) is 19.4 Å². The third kappa shape index (κ3) is 6.90. The summed E-state index contributed by atoms with van der Waals surface area (Å²) in [5, 5.41) is 3.48. The molecule has 0 saturated carbocycles. The summed E-state index contributed by atoms with van der Waals surface area (Å²) in [6.45, 7) is 16.1. The van der Waals surface area contributed by atoms with Gasteiger partial charge in [0.2, 0.25) is 0 Å². The molecule has 19 heavy (non-hydrogen) atoms. The molecule has 3 heteroatoms. The van der Waals surface area contributed by atoms with Crippen LogP contribution in [0.2, 0.25) is 0 Å². The van der Waals surface area contributed by atoms with Gasteiger partial charge in [0, 0.05) is 16.3 Å². The second kappa shape index (κ2) is 8.51. The maximum absolute atomic E-state index is 5.69. The van der Waals surface area contributed by atoms with Gasteiger partial charge in [-0.2, -0.15) is 0 Å². The quantitative estimate of drug-likeness (QED) is 0.539. The third-order valence-electron chi connectivity index (χ3n) is 2.85. The van der Waals surface area contributed by atoms with E-state index in [9.17, 15) is 0 Å². The highest BCUT2D eigenvalue weighted by atomic mass is 32.1. The van der Waals surface area contributed by atoms with Crippen molar-refractivity contribution in [1.29, 1.82) is 0 Å². The predicted molar refractivity (Wildman–Crippen MR) is 84.7 cm³/mol. The average Bonchev–Trinajstić information content (AvgIpc) is 2.65. The number of hydrogen-bond donors (Lipinski definition) is 1. The van der Waals surface area contributed by atoms with Crippen LogP contribution in [-0.2, 0) is 17.9 Å². The number of rotatable bonds is 9. The van der Waals surface area contributed by atoms with Crippen LogP contribution in [0.5, 0.6) is 0 Å². The van der Waals surface area contributed by atoms with Crippen LogP contribution in [0, 0.1) is 12.8 Å². The molecular weight excluding hydrogens is 254 g/mol. The zero-order valence-electron chi connectivity index (χ0n) is 12.7. The fraction of sp³-hybridized carbons (Fsp3) is 0.625. The molecular formula is C16H27NOS. The molecule has 0 bridgehead atoms. The van der Waals surface area contributed by atoms with Gasteiger partial charge in [0.25, 0.3) is 0 Å². The zero-order chi connectivity index (χ0) is 14.3. The summed E-state index contributed by atoms with van der Waals surface area (Å²) < 4.78 is 5.69. The molecule has 0 radical (unpaired) electrons. The van der Waals surface area contributed by atoms with Gasteiger partial charge in [0.1, 0.15) is 0 Å². The molecule has 0 saturated heterocycles. The van der Waals surface area contributed by atoms with Crippen LogP contribution < -0.4 is 5.32 Å². The zero-order valence-corrected chi connectivity index (χ0v) is 13.5. The first-order valence-corrected chi connectivity index (χ1v) is 7.81. The van der Waals surface area contributed by atoms with Crippen molar-refractivity contribution < 1.29 is 4.74 Å². The lowest BCUT2D eigenvalue weighted by atomic mass is 10.2. The fourth-order valence-electron chi connectivity index (χ4n) is 1.73. The van der Waals surface area contributed by atoms with Crippen LogP contribution in [0.3, 0.4) is 0 Å². The molecule has 0 unspecified atom stereocenters. The first-order valence-electron chi connectivity index (χ1n) is 7.00. The summed E-state index contributed by atoms with van der Waals surface area (Å²) in [5.41, 5.74) is 2.51. The molecule has 0 aliphatic heterocycles. The molecule has 1 rings (SSSR count). The Hall–Kier alpha value is -0.640. The lowest BCUT2D eigenvalue weighted by molar-refractivity contribution is 0.124. The molecule has 1 N–H and O–H groups in total. The fourth-order valence-corrected chi connectivity index (χ4v) is 2.75. The van der Waals surface area contributed by atoms with Gasteiger partial charge < -0.3 is 10.1 Å². The Kier molecular flexibility index (Phi) is 7.36. The van der Waals surface area contributed by atoms with Crippen LogP contribution in [-0.4, -0.2) is 13.2 Å². The van der Waals surface area contributed by atoms with Gasteiger partial charge in [-0.3, -0.25) is 0 Å². The molecule has 1 aromatic rings. The number of nitrogens with one attached hydrogen (secondary N) is 1. The summed E-state index contributed by atoms with van der Waals surface area (Å²) in [4.78, 5) is 2.77. The third-order valence-corrected chi connectivity index (χ3v) is 3.95. The van der Waals surface area contributed by atoms with E-state index in [1.54, 1.807) is 0 Å². The van der Waals surface area contributed by atoms with E-state index in [2.05, 4.69) is 38.7 Å². The summed E-state index contributed by atoms with van der Waals surface area (Å²) in [7, 11) is 0.